The van der Waals surface area contributed by atoms with Gasteiger partial charge in [0.25, 0.3) is 5.91 Å². The second-order valence-electron chi connectivity index (χ2n) is 8.89. The number of carbonyl (C=O) groups excluding carboxylic acids is 1. The number of methoxy groups -OCH3 is 1. The number of hydrogen-bond acceptors (Lipinski definition) is 7. The summed E-state index contributed by atoms with van der Waals surface area (Å²) in [5, 5.41) is 24.7. The fourth-order valence-electron chi connectivity index (χ4n) is 5.04. The third-order valence-electron chi connectivity index (χ3n) is 6.50. The van der Waals surface area contributed by atoms with Crippen molar-refractivity contribution in [3.05, 3.63) is 53.7 Å². The Balaban J connectivity index is 1.66. The average Bonchev–Trinajstić information content (AvgIpc) is 3.42. The molecule has 1 spiro atoms. The van der Waals surface area contributed by atoms with Gasteiger partial charge in [0.15, 0.2) is 0 Å². The smallest absolute Gasteiger partial charge is 0.408 e. The zero-order chi connectivity index (χ0) is 25.1. The van der Waals surface area contributed by atoms with Crippen molar-refractivity contribution in [1.82, 2.24) is 19.7 Å². The highest BCUT2D eigenvalue weighted by molar-refractivity contribution is 6.12. The number of alkyl halides is 3. The van der Waals surface area contributed by atoms with Crippen LogP contribution >= 0.6 is 0 Å². The standard InChI is InChI=1S/C23H22F3N5O4/c1-12-3-16(13-4-15(35-2)9-27-7-13)29-20-19(12)21(34)31(22(20)5-17(32)18(33)6-22)14-8-28-30(10-14)11-23(24,25)26/h3-4,7-10,17-18,32-33H,5-6,11H2,1-2H3. The van der Waals surface area contributed by atoms with Crippen molar-refractivity contribution in [2.75, 3.05) is 12.0 Å². The molecule has 5 rings (SSSR count). The normalized spacial score (nSPS) is 23.9. The molecular formula is C23H22F3N5O4. The van der Waals surface area contributed by atoms with E-state index >= 15 is 0 Å². The number of aliphatic hydroxyl groups is 2. The molecule has 35 heavy (non-hydrogen) atoms. The SMILES string of the molecule is COc1cncc(-c2cc(C)c3c(n2)C2(CC(O)C(O)C2)N(c2cnn(CC(F)(F)F)c2)C3=O)c1. The summed E-state index contributed by atoms with van der Waals surface area (Å²) in [4.78, 5) is 23.9. The number of nitrogens with zero attached hydrogens (tertiary/aromatic N) is 5. The molecule has 1 aliphatic carbocycles. The van der Waals surface area contributed by atoms with E-state index in [0.29, 0.717) is 32.9 Å². The van der Waals surface area contributed by atoms with E-state index in [4.69, 9.17) is 9.72 Å². The Kier molecular flexibility index (Phi) is 5.33. The molecule has 2 N–H and O–H groups in total. The van der Waals surface area contributed by atoms with Crippen molar-refractivity contribution < 1.29 is 32.9 Å². The van der Waals surface area contributed by atoms with Gasteiger partial charge in [0, 0.05) is 30.8 Å². The summed E-state index contributed by atoms with van der Waals surface area (Å²) in [5.41, 5.74) is 1.23. The topological polar surface area (TPSA) is 114 Å². The molecule has 3 aromatic heterocycles. The highest BCUT2D eigenvalue weighted by Gasteiger charge is 2.59. The molecule has 2 unspecified atom stereocenters. The fraction of sp³-hybridized carbons (Fsp3) is 0.391. The molecule has 0 saturated heterocycles. The predicted octanol–water partition coefficient (Wildman–Crippen LogP) is 2.59. The van der Waals surface area contributed by atoms with Gasteiger partial charge in [0.05, 0.1) is 59.9 Å². The van der Waals surface area contributed by atoms with Crippen LogP contribution in [0.15, 0.2) is 36.9 Å². The van der Waals surface area contributed by atoms with Crippen LogP contribution in [0.3, 0.4) is 0 Å². The van der Waals surface area contributed by atoms with Gasteiger partial charge in [0.2, 0.25) is 0 Å². The lowest BCUT2D eigenvalue weighted by atomic mass is 9.90. The van der Waals surface area contributed by atoms with E-state index in [2.05, 4.69) is 10.1 Å². The van der Waals surface area contributed by atoms with Crippen LogP contribution in [0.2, 0.25) is 0 Å². The van der Waals surface area contributed by atoms with Gasteiger partial charge in [-0.1, -0.05) is 0 Å². The quantitative estimate of drug-likeness (QED) is 0.579. The number of ether oxygens (including phenoxy) is 1. The number of hydrogen-bond donors (Lipinski definition) is 2. The maximum absolute atomic E-state index is 13.7. The molecule has 1 amide bonds. The second-order valence-corrected chi connectivity index (χ2v) is 8.89. The lowest BCUT2D eigenvalue weighted by Gasteiger charge is -2.34. The molecule has 4 heterocycles. The summed E-state index contributed by atoms with van der Waals surface area (Å²) < 4.78 is 44.6. The third-order valence-corrected chi connectivity index (χ3v) is 6.50. The van der Waals surface area contributed by atoms with Crippen molar-refractivity contribution >= 4 is 11.6 Å². The molecule has 3 aromatic rings. The maximum atomic E-state index is 13.7. The Morgan fingerprint density at radius 2 is 1.89 bits per heavy atom. The molecule has 184 valence electrons. The Labute approximate surface area is 197 Å². The number of aliphatic hydroxyl groups excluding tert-OH is 2. The van der Waals surface area contributed by atoms with Gasteiger partial charge in [-0.25, -0.2) is 4.98 Å². The number of carbonyl (C=O) groups is 1. The largest absolute Gasteiger partial charge is 0.495 e. The highest BCUT2D eigenvalue weighted by Crippen LogP contribution is 2.52. The van der Waals surface area contributed by atoms with Gasteiger partial charge in [-0.2, -0.15) is 18.3 Å². The predicted molar refractivity (Wildman–Crippen MR) is 117 cm³/mol. The van der Waals surface area contributed by atoms with Crippen molar-refractivity contribution in [1.29, 1.82) is 0 Å². The second kappa shape index (κ2) is 8.02. The first kappa shape index (κ1) is 23.2. The average molecular weight is 489 g/mol. The van der Waals surface area contributed by atoms with Gasteiger partial charge in [-0.3, -0.25) is 19.4 Å². The van der Waals surface area contributed by atoms with Crippen LogP contribution in [0, 0.1) is 6.92 Å². The minimum Gasteiger partial charge on any atom is -0.495 e. The molecule has 9 nitrogen and oxygen atoms in total. The first-order chi connectivity index (χ1) is 16.5. The Morgan fingerprint density at radius 1 is 1.17 bits per heavy atom. The number of aromatic nitrogens is 4. The van der Waals surface area contributed by atoms with E-state index in [1.165, 1.54) is 18.2 Å². The minimum atomic E-state index is -4.49. The first-order valence-electron chi connectivity index (χ1n) is 10.8. The summed E-state index contributed by atoms with van der Waals surface area (Å²) in [7, 11) is 1.51. The maximum Gasteiger partial charge on any atom is 0.408 e. The molecule has 1 aliphatic heterocycles. The lowest BCUT2D eigenvalue weighted by Crippen LogP contribution is -2.43. The Morgan fingerprint density at radius 3 is 2.54 bits per heavy atom. The number of anilines is 1. The number of fused-ring (bicyclic) bond motifs is 2. The lowest BCUT2D eigenvalue weighted by molar-refractivity contribution is -0.142. The van der Waals surface area contributed by atoms with E-state index in [0.717, 1.165) is 6.20 Å². The van der Waals surface area contributed by atoms with Crippen LogP contribution in [0.5, 0.6) is 5.75 Å². The summed E-state index contributed by atoms with van der Waals surface area (Å²) in [5.74, 6) is 0.0341. The number of pyridine rings is 2. The van der Waals surface area contributed by atoms with E-state index in [9.17, 15) is 28.2 Å². The van der Waals surface area contributed by atoms with E-state index in [1.54, 1.807) is 31.5 Å². The summed E-state index contributed by atoms with van der Waals surface area (Å²) in [6.45, 7) is 0.423. The molecule has 12 heteroatoms. The number of halogens is 3. The van der Waals surface area contributed by atoms with Crippen LogP contribution in [0.1, 0.15) is 34.5 Å². The molecule has 0 aromatic carbocycles. The minimum absolute atomic E-state index is 0.0381. The summed E-state index contributed by atoms with van der Waals surface area (Å²) in [6.07, 6.45) is -1.41. The van der Waals surface area contributed by atoms with Gasteiger partial charge in [-0.15, -0.1) is 0 Å². The van der Waals surface area contributed by atoms with Gasteiger partial charge >= 0.3 is 6.18 Å². The van der Waals surface area contributed by atoms with Crippen molar-refractivity contribution in [2.24, 2.45) is 0 Å². The molecular weight excluding hydrogens is 467 g/mol. The molecule has 0 bridgehead atoms. The number of aryl methyl sites for hydroxylation is 1. The van der Waals surface area contributed by atoms with Crippen molar-refractivity contribution in [3.63, 3.8) is 0 Å². The van der Waals surface area contributed by atoms with Crippen molar-refractivity contribution in [3.8, 4) is 17.0 Å². The summed E-state index contributed by atoms with van der Waals surface area (Å²) >= 11 is 0. The van der Waals surface area contributed by atoms with Crippen LogP contribution in [0.4, 0.5) is 18.9 Å². The van der Waals surface area contributed by atoms with Gasteiger partial charge in [0.1, 0.15) is 12.3 Å². The summed E-state index contributed by atoms with van der Waals surface area (Å²) in [6, 6.07) is 3.46. The number of amides is 1. The molecule has 1 saturated carbocycles. The fourth-order valence-corrected chi connectivity index (χ4v) is 5.04. The molecule has 0 radical (unpaired) electrons. The van der Waals surface area contributed by atoms with Crippen LogP contribution in [0.25, 0.3) is 11.3 Å². The number of rotatable bonds is 4. The highest BCUT2D eigenvalue weighted by atomic mass is 19.4. The Bertz CT molecular complexity index is 1300. The van der Waals surface area contributed by atoms with Crippen LogP contribution < -0.4 is 9.64 Å². The van der Waals surface area contributed by atoms with Crippen molar-refractivity contribution in [2.45, 2.75) is 50.2 Å². The van der Waals surface area contributed by atoms with E-state index < -0.39 is 36.4 Å². The van der Waals surface area contributed by atoms with Gasteiger partial charge < -0.3 is 14.9 Å². The molecule has 1 fully saturated rings. The van der Waals surface area contributed by atoms with Crippen LogP contribution in [-0.2, 0) is 12.1 Å². The first-order valence-corrected chi connectivity index (χ1v) is 10.8. The third kappa shape index (κ3) is 3.82. The monoisotopic (exact) mass is 489 g/mol. The zero-order valence-corrected chi connectivity index (χ0v) is 18.8. The van der Waals surface area contributed by atoms with E-state index in [1.807, 2.05) is 0 Å². The Hall–Kier alpha value is -3.51. The molecule has 2 aliphatic rings. The molecule has 2 atom stereocenters. The zero-order valence-electron chi connectivity index (χ0n) is 18.8. The van der Waals surface area contributed by atoms with Gasteiger partial charge in [-0.05, 0) is 24.6 Å². The van der Waals surface area contributed by atoms with Crippen LogP contribution in [-0.4, -0.2) is 61.4 Å². The van der Waals surface area contributed by atoms with E-state index in [-0.39, 0.29) is 24.1 Å².